The summed E-state index contributed by atoms with van der Waals surface area (Å²) in [5.74, 6) is 0.886. The fourth-order valence-corrected chi connectivity index (χ4v) is 2.53. The van der Waals surface area contributed by atoms with E-state index in [-0.39, 0.29) is 6.04 Å². The van der Waals surface area contributed by atoms with E-state index in [0.29, 0.717) is 0 Å². The number of nitrogens with zero attached hydrogens (tertiary/aromatic N) is 1. The molecule has 1 heterocycles. The molecule has 0 radical (unpaired) electrons. The van der Waals surface area contributed by atoms with E-state index in [1.54, 1.807) is 13.3 Å². The van der Waals surface area contributed by atoms with Crippen molar-refractivity contribution in [2.24, 2.45) is 5.73 Å². The van der Waals surface area contributed by atoms with Gasteiger partial charge < -0.3 is 10.5 Å². The molecule has 2 rings (SSSR count). The van der Waals surface area contributed by atoms with Gasteiger partial charge in [0.2, 0.25) is 0 Å². The number of pyridine rings is 1. The van der Waals surface area contributed by atoms with Crippen LogP contribution in [0.5, 0.6) is 5.75 Å². The zero-order valence-electron chi connectivity index (χ0n) is 12.6. The number of ether oxygens (including phenoxy) is 1. The van der Waals surface area contributed by atoms with E-state index < -0.39 is 0 Å². The monoisotopic (exact) mass is 270 g/mol. The molecule has 1 aromatic heterocycles. The molecule has 1 unspecified atom stereocenters. The number of aromatic nitrogens is 1. The maximum atomic E-state index is 6.48. The van der Waals surface area contributed by atoms with Crippen molar-refractivity contribution in [1.82, 2.24) is 4.98 Å². The first-order valence-electron chi connectivity index (χ1n) is 6.92. The number of aryl methyl sites for hydroxylation is 2. The van der Waals surface area contributed by atoms with E-state index in [9.17, 15) is 0 Å². The first-order valence-corrected chi connectivity index (χ1v) is 6.92. The number of hydrogen-bond donors (Lipinski definition) is 1. The van der Waals surface area contributed by atoms with Crippen molar-refractivity contribution in [1.29, 1.82) is 0 Å². The highest BCUT2D eigenvalue weighted by Gasteiger charge is 2.18. The third-order valence-corrected chi connectivity index (χ3v) is 3.90. The van der Waals surface area contributed by atoms with Crippen molar-refractivity contribution in [3.05, 3.63) is 58.4 Å². The van der Waals surface area contributed by atoms with Crippen LogP contribution >= 0.6 is 0 Å². The summed E-state index contributed by atoms with van der Waals surface area (Å²) < 4.78 is 5.58. The van der Waals surface area contributed by atoms with Crippen LogP contribution in [-0.2, 0) is 6.42 Å². The van der Waals surface area contributed by atoms with Crippen LogP contribution in [0.2, 0.25) is 0 Å². The zero-order chi connectivity index (χ0) is 14.7. The van der Waals surface area contributed by atoms with Gasteiger partial charge in [0.1, 0.15) is 5.75 Å². The lowest BCUT2D eigenvalue weighted by Gasteiger charge is -2.20. The van der Waals surface area contributed by atoms with Crippen molar-refractivity contribution < 1.29 is 4.74 Å². The minimum absolute atomic E-state index is 0.192. The number of methoxy groups -OCH3 is 1. The predicted molar refractivity (Wildman–Crippen MR) is 82.1 cm³/mol. The summed E-state index contributed by atoms with van der Waals surface area (Å²) in [6.07, 6.45) is 4.61. The number of benzene rings is 1. The van der Waals surface area contributed by atoms with Crippen molar-refractivity contribution in [2.45, 2.75) is 33.2 Å². The van der Waals surface area contributed by atoms with E-state index in [2.05, 4.69) is 37.9 Å². The molecule has 1 aromatic carbocycles. The van der Waals surface area contributed by atoms with Crippen LogP contribution < -0.4 is 10.5 Å². The molecule has 2 aromatic rings. The molecule has 3 heteroatoms. The molecule has 0 fully saturated rings. The van der Waals surface area contributed by atoms with Gasteiger partial charge in [0.15, 0.2) is 0 Å². The van der Waals surface area contributed by atoms with Gasteiger partial charge in [-0.25, -0.2) is 0 Å². The summed E-state index contributed by atoms with van der Waals surface area (Å²) in [7, 11) is 1.70. The van der Waals surface area contributed by atoms with Gasteiger partial charge in [0.25, 0.3) is 0 Å². The first kappa shape index (κ1) is 14.5. The van der Waals surface area contributed by atoms with Crippen molar-refractivity contribution in [2.75, 3.05) is 7.11 Å². The maximum absolute atomic E-state index is 6.48. The van der Waals surface area contributed by atoms with Gasteiger partial charge in [-0.05, 0) is 48.6 Å². The number of rotatable bonds is 4. The topological polar surface area (TPSA) is 48.1 Å². The fourth-order valence-electron chi connectivity index (χ4n) is 2.53. The molecule has 0 aliphatic carbocycles. The molecule has 0 amide bonds. The van der Waals surface area contributed by atoms with Gasteiger partial charge in [0.05, 0.1) is 13.2 Å². The average Bonchev–Trinajstić information content (AvgIpc) is 2.49. The Morgan fingerprint density at radius 1 is 1.20 bits per heavy atom. The van der Waals surface area contributed by atoms with Crippen molar-refractivity contribution in [3.63, 3.8) is 0 Å². The smallest absolute Gasteiger partial charge is 0.127 e. The zero-order valence-corrected chi connectivity index (χ0v) is 12.6. The lowest BCUT2D eigenvalue weighted by Crippen LogP contribution is -2.16. The predicted octanol–water partition coefficient (Wildman–Crippen LogP) is 3.32. The highest BCUT2D eigenvalue weighted by atomic mass is 16.5. The number of nitrogens with two attached hydrogens (primary N) is 1. The number of hydrogen-bond acceptors (Lipinski definition) is 3. The molecule has 0 saturated carbocycles. The van der Waals surface area contributed by atoms with Gasteiger partial charge >= 0.3 is 0 Å². The lowest BCUT2D eigenvalue weighted by molar-refractivity contribution is 0.404. The summed E-state index contributed by atoms with van der Waals surface area (Å²) >= 11 is 0. The molecule has 2 N–H and O–H groups in total. The summed E-state index contributed by atoms with van der Waals surface area (Å²) in [6, 6.07) is 5.96. The third kappa shape index (κ3) is 2.54. The van der Waals surface area contributed by atoms with Crippen LogP contribution in [0.3, 0.4) is 0 Å². The second kappa shape index (κ2) is 6.06. The average molecular weight is 270 g/mol. The molecule has 1 atom stereocenters. The molecule has 0 aliphatic rings. The van der Waals surface area contributed by atoms with E-state index in [0.717, 1.165) is 28.9 Å². The lowest BCUT2D eigenvalue weighted by atomic mass is 9.92. The minimum Gasteiger partial charge on any atom is -0.496 e. The molecular weight excluding hydrogens is 248 g/mol. The Kier molecular flexibility index (Phi) is 4.40. The summed E-state index contributed by atoms with van der Waals surface area (Å²) in [5, 5.41) is 0. The van der Waals surface area contributed by atoms with Crippen LogP contribution in [-0.4, -0.2) is 12.1 Å². The Hall–Kier alpha value is -1.87. The minimum atomic E-state index is -0.192. The highest BCUT2D eigenvalue weighted by Crippen LogP contribution is 2.33. The Morgan fingerprint density at radius 3 is 2.60 bits per heavy atom. The molecular formula is C17H22N2O. The van der Waals surface area contributed by atoms with E-state index in [1.165, 1.54) is 11.1 Å². The fraction of sp³-hybridized carbons (Fsp3) is 0.353. The van der Waals surface area contributed by atoms with E-state index in [1.807, 2.05) is 12.3 Å². The summed E-state index contributed by atoms with van der Waals surface area (Å²) in [5.41, 5.74) is 12.2. The van der Waals surface area contributed by atoms with Crippen molar-refractivity contribution >= 4 is 0 Å². The molecule has 0 aliphatic heterocycles. The SMILES string of the molecule is CCc1cnccc1C(N)c1ccc(C)c(C)c1OC. The Labute approximate surface area is 120 Å². The molecule has 0 saturated heterocycles. The van der Waals surface area contributed by atoms with Crippen LogP contribution in [0.25, 0.3) is 0 Å². The van der Waals surface area contributed by atoms with Crippen molar-refractivity contribution in [3.8, 4) is 5.75 Å². The van der Waals surface area contributed by atoms with Crippen LogP contribution in [0.4, 0.5) is 0 Å². The Bertz CT molecular complexity index is 608. The van der Waals surface area contributed by atoms with Gasteiger partial charge in [-0.3, -0.25) is 4.98 Å². The van der Waals surface area contributed by atoms with E-state index in [4.69, 9.17) is 10.5 Å². The molecule has 106 valence electrons. The molecule has 20 heavy (non-hydrogen) atoms. The van der Waals surface area contributed by atoms with Crippen LogP contribution in [0, 0.1) is 13.8 Å². The Balaban J connectivity index is 2.53. The van der Waals surface area contributed by atoms with Gasteiger partial charge in [0, 0.05) is 18.0 Å². The van der Waals surface area contributed by atoms with Crippen LogP contribution in [0.1, 0.15) is 40.8 Å². The largest absolute Gasteiger partial charge is 0.496 e. The summed E-state index contributed by atoms with van der Waals surface area (Å²) in [6.45, 7) is 6.26. The standard InChI is InChI=1S/C17H22N2O/c1-5-13-10-19-9-8-14(13)16(18)15-7-6-11(2)12(3)17(15)20-4/h6-10,16H,5,18H2,1-4H3. The Morgan fingerprint density at radius 2 is 1.95 bits per heavy atom. The van der Waals surface area contributed by atoms with Gasteiger partial charge in [-0.1, -0.05) is 19.1 Å². The third-order valence-electron chi connectivity index (χ3n) is 3.90. The first-order chi connectivity index (χ1) is 9.60. The van der Waals surface area contributed by atoms with Crippen LogP contribution in [0.15, 0.2) is 30.6 Å². The second-order valence-corrected chi connectivity index (χ2v) is 5.04. The van der Waals surface area contributed by atoms with Gasteiger partial charge in [-0.2, -0.15) is 0 Å². The van der Waals surface area contributed by atoms with E-state index >= 15 is 0 Å². The molecule has 3 nitrogen and oxygen atoms in total. The summed E-state index contributed by atoms with van der Waals surface area (Å²) in [4.78, 5) is 4.18. The highest BCUT2D eigenvalue weighted by molar-refractivity contribution is 5.50. The molecule has 0 bridgehead atoms. The second-order valence-electron chi connectivity index (χ2n) is 5.04. The quantitative estimate of drug-likeness (QED) is 0.927. The normalized spacial score (nSPS) is 12.2. The maximum Gasteiger partial charge on any atom is 0.127 e. The molecule has 0 spiro atoms. The van der Waals surface area contributed by atoms with Gasteiger partial charge in [-0.15, -0.1) is 0 Å².